The van der Waals surface area contributed by atoms with Crippen LogP contribution in [0.5, 0.6) is 0 Å². The van der Waals surface area contributed by atoms with Crippen LogP contribution in [0.25, 0.3) is 0 Å². The first-order valence-corrected chi connectivity index (χ1v) is 6.70. The van der Waals surface area contributed by atoms with Crippen LogP contribution in [0.4, 0.5) is 0 Å². The average molecular weight is 266 g/mol. The zero-order valence-corrected chi connectivity index (χ0v) is 10.4. The summed E-state index contributed by atoms with van der Waals surface area (Å²) in [5.74, 6) is 0. The molecule has 2 bridgehead atoms. The van der Waals surface area contributed by atoms with E-state index < -0.39 is 0 Å². The molecule has 0 spiro atoms. The smallest absolute Gasteiger partial charge is 0.0316 e. The Balaban J connectivity index is 1.75. The first-order chi connectivity index (χ1) is 7.34. The molecule has 80 valence electrons. The fourth-order valence-electron chi connectivity index (χ4n) is 3.07. The minimum absolute atomic E-state index is 0.736. The van der Waals surface area contributed by atoms with Crippen molar-refractivity contribution in [2.75, 3.05) is 0 Å². The second-order valence-electron chi connectivity index (χ2n) is 4.71. The van der Waals surface area contributed by atoms with Crippen molar-refractivity contribution in [3.63, 3.8) is 0 Å². The quantitative estimate of drug-likeness (QED) is 0.743. The Labute approximate surface area is 99.6 Å². The van der Waals surface area contributed by atoms with Crippen LogP contribution in [0.2, 0.25) is 0 Å². The molecule has 2 aliphatic heterocycles. The summed E-state index contributed by atoms with van der Waals surface area (Å²) in [6.07, 6.45) is 4.13. The predicted octanol–water partition coefficient (Wildman–Crippen LogP) is 3.19. The predicted molar refractivity (Wildman–Crippen MR) is 66.1 cm³/mol. The van der Waals surface area contributed by atoms with E-state index in [1.54, 1.807) is 0 Å². The SMILES string of the molecule is Br[C@H]1C[C@@H]2CC[C@H]1N2Cc1ccccc1. The number of hydrogen-bond acceptors (Lipinski definition) is 1. The fraction of sp³-hybridized carbons (Fsp3) is 0.538. The van der Waals surface area contributed by atoms with Gasteiger partial charge in [0, 0.05) is 23.5 Å². The molecular formula is C13H16BrN. The summed E-state index contributed by atoms with van der Waals surface area (Å²) in [5.41, 5.74) is 1.45. The Morgan fingerprint density at radius 2 is 2.00 bits per heavy atom. The Kier molecular flexibility index (Phi) is 2.57. The lowest BCUT2D eigenvalue weighted by atomic mass is 10.0. The number of nitrogens with zero attached hydrogens (tertiary/aromatic N) is 1. The van der Waals surface area contributed by atoms with Crippen molar-refractivity contribution in [2.45, 2.75) is 42.7 Å². The Bertz CT molecular complexity index is 338. The van der Waals surface area contributed by atoms with Gasteiger partial charge in [0.05, 0.1) is 0 Å². The van der Waals surface area contributed by atoms with E-state index in [9.17, 15) is 0 Å². The molecule has 0 amide bonds. The van der Waals surface area contributed by atoms with Gasteiger partial charge in [-0.25, -0.2) is 0 Å². The van der Waals surface area contributed by atoms with Gasteiger partial charge in [-0.2, -0.15) is 0 Å². The maximum absolute atomic E-state index is 3.81. The normalized spacial score (nSPS) is 34.9. The second-order valence-corrected chi connectivity index (χ2v) is 5.88. The standard InChI is InChI=1S/C13H16BrN/c14-12-8-11-6-7-13(12)15(11)9-10-4-2-1-3-5-10/h1-5,11-13H,6-9H2/t11-,12-,13+/m0/s1. The lowest BCUT2D eigenvalue weighted by Crippen LogP contribution is -2.29. The van der Waals surface area contributed by atoms with E-state index in [1.165, 1.54) is 24.8 Å². The third-order valence-corrected chi connectivity index (χ3v) is 4.80. The summed E-state index contributed by atoms with van der Waals surface area (Å²) >= 11 is 3.81. The topological polar surface area (TPSA) is 3.24 Å². The van der Waals surface area contributed by atoms with E-state index in [2.05, 4.69) is 51.2 Å². The number of hydrogen-bond donors (Lipinski definition) is 0. The van der Waals surface area contributed by atoms with Crippen LogP contribution < -0.4 is 0 Å². The molecule has 0 unspecified atom stereocenters. The van der Waals surface area contributed by atoms with E-state index >= 15 is 0 Å². The maximum Gasteiger partial charge on any atom is 0.0316 e. The molecule has 2 saturated heterocycles. The second kappa shape index (κ2) is 3.91. The molecule has 1 nitrogen and oxygen atoms in total. The van der Waals surface area contributed by atoms with Gasteiger partial charge in [-0.05, 0) is 24.8 Å². The zero-order valence-electron chi connectivity index (χ0n) is 8.77. The lowest BCUT2D eigenvalue weighted by Gasteiger charge is -2.22. The molecule has 0 aromatic heterocycles. The monoisotopic (exact) mass is 265 g/mol. The molecule has 0 saturated carbocycles. The summed E-state index contributed by atoms with van der Waals surface area (Å²) in [6.45, 7) is 1.14. The highest BCUT2D eigenvalue weighted by Crippen LogP contribution is 2.41. The van der Waals surface area contributed by atoms with E-state index in [0.29, 0.717) is 0 Å². The van der Waals surface area contributed by atoms with Crippen LogP contribution in [0.3, 0.4) is 0 Å². The van der Waals surface area contributed by atoms with Gasteiger partial charge >= 0.3 is 0 Å². The van der Waals surface area contributed by atoms with Gasteiger partial charge < -0.3 is 0 Å². The van der Waals surface area contributed by atoms with E-state index in [1.807, 2.05) is 0 Å². The van der Waals surface area contributed by atoms with Crippen LogP contribution >= 0.6 is 15.9 Å². The van der Waals surface area contributed by atoms with Gasteiger partial charge in [-0.15, -0.1) is 0 Å². The van der Waals surface area contributed by atoms with Gasteiger partial charge in [-0.3, -0.25) is 4.90 Å². The van der Waals surface area contributed by atoms with Crippen molar-refractivity contribution >= 4 is 15.9 Å². The minimum atomic E-state index is 0.736. The molecule has 0 radical (unpaired) electrons. The van der Waals surface area contributed by atoms with E-state index in [0.717, 1.165) is 23.5 Å². The number of rotatable bonds is 2. The first-order valence-electron chi connectivity index (χ1n) is 5.78. The van der Waals surface area contributed by atoms with E-state index in [-0.39, 0.29) is 0 Å². The molecular weight excluding hydrogens is 250 g/mol. The van der Waals surface area contributed by atoms with Crippen molar-refractivity contribution in [1.82, 2.24) is 4.90 Å². The van der Waals surface area contributed by atoms with Gasteiger partial charge in [0.25, 0.3) is 0 Å². The van der Waals surface area contributed by atoms with Gasteiger partial charge in [-0.1, -0.05) is 46.3 Å². The summed E-state index contributed by atoms with van der Waals surface area (Å²) in [5, 5.41) is 0. The molecule has 2 aliphatic rings. The van der Waals surface area contributed by atoms with Crippen molar-refractivity contribution in [3.8, 4) is 0 Å². The summed E-state index contributed by atoms with van der Waals surface area (Å²) in [6, 6.07) is 12.5. The highest BCUT2D eigenvalue weighted by Gasteiger charge is 2.44. The zero-order chi connectivity index (χ0) is 10.3. The third kappa shape index (κ3) is 1.74. The Hall–Kier alpha value is -0.340. The largest absolute Gasteiger partial charge is 0.292 e. The molecule has 0 aliphatic carbocycles. The third-order valence-electron chi connectivity index (χ3n) is 3.81. The van der Waals surface area contributed by atoms with Crippen LogP contribution in [0, 0.1) is 0 Å². The molecule has 1 aromatic rings. The Morgan fingerprint density at radius 3 is 2.60 bits per heavy atom. The lowest BCUT2D eigenvalue weighted by molar-refractivity contribution is 0.245. The number of halogens is 1. The van der Waals surface area contributed by atoms with Crippen molar-refractivity contribution in [1.29, 1.82) is 0 Å². The summed E-state index contributed by atoms with van der Waals surface area (Å²) in [4.78, 5) is 3.43. The molecule has 15 heavy (non-hydrogen) atoms. The molecule has 2 fully saturated rings. The molecule has 1 aromatic carbocycles. The minimum Gasteiger partial charge on any atom is -0.292 e. The molecule has 3 atom stereocenters. The van der Waals surface area contributed by atoms with E-state index in [4.69, 9.17) is 0 Å². The van der Waals surface area contributed by atoms with Crippen LogP contribution in [0.15, 0.2) is 30.3 Å². The van der Waals surface area contributed by atoms with Crippen LogP contribution in [0.1, 0.15) is 24.8 Å². The molecule has 0 N–H and O–H groups in total. The van der Waals surface area contributed by atoms with Crippen molar-refractivity contribution < 1.29 is 0 Å². The van der Waals surface area contributed by atoms with Crippen LogP contribution in [-0.4, -0.2) is 21.8 Å². The van der Waals surface area contributed by atoms with Gasteiger partial charge in [0.15, 0.2) is 0 Å². The first kappa shape index (κ1) is 9.86. The highest BCUT2D eigenvalue weighted by molar-refractivity contribution is 9.09. The van der Waals surface area contributed by atoms with Gasteiger partial charge in [0.1, 0.15) is 0 Å². The van der Waals surface area contributed by atoms with Crippen molar-refractivity contribution in [3.05, 3.63) is 35.9 Å². The molecule has 3 rings (SSSR count). The maximum atomic E-state index is 3.81. The molecule has 2 heterocycles. The highest BCUT2D eigenvalue weighted by atomic mass is 79.9. The Morgan fingerprint density at radius 1 is 1.20 bits per heavy atom. The fourth-order valence-corrected chi connectivity index (χ4v) is 4.06. The average Bonchev–Trinajstić information content (AvgIpc) is 2.76. The van der Waals surface area contributed by atoms with Gasteiger partial charge in [0.2, 0.25) is 0 Å². The number of alkyl halides is 1. The number of benzene rings is 1. The molecule has 2 heteroatoms. The van der Waals surface area contributed by atoms with Crippen LogP contribution in [-0.2, 0) is 6.54 Å². The summed E-state index contributed by atoms with van der Waals surface area (Å²) < 4.78 is 0. The van der Waals surface area contributed by atoms with Crippen molar-refractivity contribution in [2.24, 2.45) is 0 Å². The number of fused-ring (bicyclic) bond motifs is 2. The summed E-state index contributed by atoms with van der Waals surface area (Å²) in [7, 11) is 0.